The SMILES string of the molecule is COc1cc(-c2cccc(C#N)c2)ccc1-c1nccc2cc(S(=O)(=O)Cc3ccncn3)ccc12. The van der Waals surface area contributed by atoms with E-state index < -0.39 is 9.84 Å². The van der Waals surface area contributed by atoms with Crippen LogP contribution in [0.15, 0.2) is 96.4 Å². The third kappa shape index (κ3) is 4.52. The molecule has 0 aliphatic rings. The molecule has 0 amide bonds. The lowest BCUT2D eigenvalue weighted by Gasteiger charge is -2.13. The van der Waals surface area contributed by atoms with Crippen molar-refractivity contribution in [3.05, 3.63) is 103 Å². The van der Waals surface area contributed by atoms with E-state index in [9.17, 15) is 13.7 Å². The summed E-state index contributed by atoms with van der Waals surface area (Å²) in [6.45, 7) is 0. The Hall–Kier alpha value is -4.61. The minimum atomic E-state index is -3.60. The Balaban J connectivity index is 1.55. The molecule has 3 aromatic carbocycles. The second kappa shape index (κ2) is 9.56. The van der Waals surface area contributed by atoms with Crippen LogP contribution in [0.25, 0.3) is 33.2 Å². The average Bonchev–Trinajstić information content (AvgIpc) is 2.92. The Labute approximate surface area is 208 Å². The molecular weight excluding hydrogens is 472 g/mol. The van der Waals surface area contributed by atoms with Crippen LogP contribution in [-0.2, 0) is 15.6 Å². The smallest absolute Gasteiger partial charge is 0.184 e. The topological polar surface area (TPSA) is 106 Å². The fraction of sp³-hybridized carbons (Fsp3) is 0.0714. The first kappa shape index (κ1) is 23.1. The summed E-state index contributed by atoms with van der Waals surface area (Å²) < 4.78 is 31.7. The first-order chi connectivity index (χ1) is 17.5. The molecule has 0 spiro atoms. The van der Waals surface area contributed by atoms with E-state index in [1.807, 2.05) is 36.4 Å². The first-order valence-electron chi connectivity index (χ1n) is 11.0. The zero-order valence-electron chi connectivity index (χ0n) is 19.3. The van der Waals surface area contributed by atoms with Crippen LogP contribution in [0.1, 0.15) is 11.3 Å². The van der Waals surface area contributed by atoms with Crippen LogP contribution in [-0.4, -0.2) is 30.5 Å². The maximum Gasteiger partial charge on any atom is 0.184 e. The number of methoxy groups -OCH3 is 1. The van der Waals surface area contributed by atoms with Crippen molar-refractivity contribution in [1.82, 2.24) is 15.0 Å². The monoisotopic (exact) mass is 492 g/mol. The van der Waals surface area contributed by atoms with Gasteiger partial charge in [-0.1, -0.05) is 24.3 Å². The Morgan fingerprint density at radius 3 is 2.56 bits per heavy atom. The van der Waals surface area contributed by atoms with E-state index in [1.54, 1.807) is 49.7 Å². The standard InChI is InChI=1S/C28H20N4O3S/c1-35-27-15-21(20-4-2-3-19(13-20)16-29)5-7-26(27)28-25-8-6-24(14-22(25)9-12-31-28)36(33,34)17-23-10-11-30-18-32-23/h2-15,18H,17H2,1H3. The number of fused-ring (bicyclic) bond motifs is 1. The molecule has 0 saturated carbocycles. The van der Waals surface area contributed by atoms with Gasteiger partial charge in [-0.15, -0.1) is 0 Å². The van der Waals surface area contributed by atoms with Gasteiger partial charge in [0.1, 0.15) is 12.1 Å². The van der Waals surface area contributed by atoms with E-state index in [-0.39, 0.29) is 10.6 Å². The molecular formula is C28H20N4O3S. The average molecular weight is 493 g/mol. The molecule has 5 aromatic rings. The van der Waals surface area contributed by atoms with E-state index in [2.05, 4.69) is 21.0 Å². The Morgan fingerprint density at radius 1 is 0.917 bits per heavy atom. The summed E-state index contributed by atoms with van der Waals surface area (Å²) in [5.41, 5.74) is 4.29. The number of benzene rings is 3. The molecule has 0 unspecified atom stereocenters. The van der Waals surface area contributed by atoms with Crippen LogP contribution >= 0.6 is 0 Å². The summed E-state index contributed by atoms with van der Waals surface area (Å²) in [7, 11) is -2.00. The fourth-order valence-electron chi connectivity index (χ4n) is 4.08. The summed E-state index contributed by atoms with van der Waals surface area (Å²) in [5.74, 6) is 0.414. The van der Waals surface area contributed by atoms with Gasteiger partial charge in [0.2, 0.25) is 0 Å². The van der Waals surface area contributed by atoms with Gasteiger partial charge in [-0.2, -0.15) is 5.26 Å². The summed E-state index contributed by atoms with van der Waals surface area (Å²) in [4.78, 5) is 12.7. The zero-order valence-corrected chi connectivity index (χ0v) is 20.1. The Bertz CT molecular complexity index is 1730. The van der Waals surface area contributed by atoms with E-state index in [0.29, 0.717) is 22.7 Å². The van der Waals surface area contributed by atoms with Crippen molar-refractivity contribution >= 4 is 20.6 Å². The van der Waals surface area contributed by atoms with E-state index in [0.717, 1.165) is 27.5 Å². The van der Waals surface area contributed by atoms with E-state index in [1.165, 1.54) is 12.5 Å². The predicted octanol–water partition coefficient (Wildman–Crippen LogP) is 5.21. The Morgan fingerprint density at radius 2 is 1.78 bits per heavy atom. The highest BCUT2D eigenvalue weighted by molar-refractivity contribution is 7.90. The Kier molecular flexibility index (Phi) is 6.15. The van der Waals surface area contributed by atoms with Crippen LogP contribution in [0.2, 0.25) is 0 Å². The molecule has 0 radical (unpaired) electrons. The lowest BCUT2D eigenvalue weighted by molar-refractivity contribution is 0.416. The molecule has 5 rings (SSSR count). The number of pyridine rings is 1. The maximum atomic E-state index is 13.0. The van der Waals surface area contributed by atoms with Gasteiger partial charge in [-0.25, -0.2) is 18.4 Å². The summed E-state index contributed by atoms with van der Waals surface area (Å²) in [5, 5.41) is 10.8. The summed E-state index contributed by atoms with van der Waals surface area (Å²) in [6, 6.07) is 23.7. The maximum absolute atomic E-state index is 13.0. The highest BCUT2D eigenvalue weighted by Crippen LogP contribution is 2.37. The number of hydrogen-bond acceptors (Lipinski definition) is 7. The molecule has 0 atom stereocenters. The van der Waals surface area contributed by atoms with Crippen LogP contribution in [0.5, 0.6) is 5.75 Å². The van der Waals surface area contributed by atoms with Crippen molar-refractivity contribution in [2.24, 2.45) is 0 Å². The van der Waals surface area contributed by atoms with Crippen molar-refractivity contribution in [1.29, 1.82) is 5.26 Å². The van der Waals surface area contributed by atoms with Gasteiger partial charge in [-0.05, 0) is 65.0 Å². The fourth-order valence-corrected chi connectivity index (χ4v) is 5.39. The molecule has 36 heavy (non-hydrogen) atoms. The molecule has 0 aliphatic heterocycles. The minimum absolute atomic E-state index is 0.207. The van der Waals surface area contributed by atoms with E-state index in [4.69, 9.17) is 4.74 Å². The van der Waals surface area contributed by atoms with Crippen molar-refractivity contribution < 1.29 is 13.2 Å². The van der Waals surface area contributed by atoms with Crippen LogP contribution < -0.4 is 4.74 Å². The third-order valence-electron chi connectivity index (χ3n) is 5.86. The van der Waals surface area contributed by atoms with Gasteiger partial charge in [0.25, 0.3) is 0 Å². The summed E-state index contributed by atoms with van der Waals surface area (Å²) in [6.07, 6.45) is 4.51. The van der Waals surface area contributed by atoms with Crippen LogP contribution in [0.4, 0.5) is 0 Å². The zero-order chi connectivity index (χ0) is 25.1. The minimum Gasteiger partial charge on any atom is -0.496 e. The molecule has 2 aromatic heterocycles. The van der Waals surface area contributed by atoms with Crippen molar-refractivity contribution in [3.8, 4) is 34.2 Å². The number of nitrogens with zero attached hydrogens (tertiary/aromatic N) is 4. The second-order valence-electron chi connectivity index (χ2n) is 8.11. The molecule has 0 saturated heterocycles. The van der Waals surface area contributed by atoms with Gasteiger partial charge in [0.15, 0.2) is 9.84 Å². The van der Waals surface area contributed by atoms with Gasteiger partial charge < -0.3 is 4.74 Å². The van der Waals surface area contributed by atoms with Gasteiger partial charge >= 0.3 is 0 Å². The third-order valence-corrected chi connectivity index (χ3v) is 7.51. The molecule has 0 N–H and O–H groups in total. The van der Waals surface area contributed by atoms with Crippen LogP contribution in [0, 0.1) is 11.3 Å². The van der Waals surface area contributed by atoms with E-state index >= 15 is 0 Å². The highest BCUT2D eigenvalue weighted by Gasteiger charge is 2.19. The second-order valence-corrected chi connectivity index (χ2v) is 10.1. The molecule has 8 heteroatoms. The van der Waals surface area contributed by atoms with Gasteiger partial charge in [-0.3, -0.25) is 4.98 Å². The molecule has 7 nitrogen and oxygen atoms in total. The number of nitriles is 1. The number of hydrogen-bond donors (Lipinski definition) is 0. The van der Waals surface area contributed by atoms with Gasteiger partial charge in [0.05, 0.1) is 40.8 Å². The molecule has 0 aliphatic carbocycles. The van der Waals surface area contributed by atoms with Crippen molar-refractivity contribution in [2.45, 2.75) is 10.6 Å². The lowest BCUT2D eigenvalue weighted by atomic mass is 9.98. The number of rotatable bonds is 6. The number of sulfone groups is 1. The largest absolute Gasteiger partial charge is 0.496 e. The van der Waals surface area contributed by atoms with Crippen molar-refractivity contribution in [2.75, 3.05) is 7.11 Å². The highest BCUT2D eigenvalue weighted by atomic mass is 32.2. The quantitative estimate of drug-likeness (QED) is 0.320. The normalized spacial score (nSPS) is 11.2. The first-order valence-corrected chi connectivity index (χ1v) is 12.7. The molecule has 0 bridgehead atoms. The van der Waals surface area contributed by atoms with Gasteiger partial charge in [0, 0.05) is 23.3 Å². The van der Waals surface area contributed by atoms with Crippen molar-refractivity contribution in [3.63, 3.8) is 0 Å². The molecule has 0 fully saturated rings. The molecule has 2 heterocycles. The summed E-state index contributed by atoms with van der Waals surface area (Å²) >= 11 is 0. The number of aromatic nitrogens is 3. The predicted molar refractivity (Wildman–Crippen MR) is 137 cm³/mol. The van der Waals surface area contributed by atoms with Crippen LogP contribution in [0.3, 0.4) is 0 Å². The lowest BCUT2D eigenvalue weighted by Crippen LogP contribution is -2.06. The molecule has 176 valence electrons. The number of ether oxygens (including phenoxy) is 1.